The summed E-state index contributed by atoms with van der Waals surface area (Å²) in [4.78, 5) is 9.36. The van der Waals surface area contributed by atoms with Crippen LogP contribution in [0.2, 0.25) is 10.0 Å². The maximum atomic E-state index is 9.86. The van der Waals surface area contributed by atoms with Crippen molar-refractivity contribution in [2.75, 3.05) is 0 Å². The van der Waals surface area contributed by atoms with E-state index in [1.807, 2.05) is 71.3 Å². The van der Waals surface area contributed by atoms with Crippen molar-refractivity contribution in [1.82, 2.24) is 14.4 Å². The summed E-state index contributed by atoms with van der Waals surface area (Å²) < 4.78 is 1.96. The van der Waals surface area contributed by atoms with Crippen LogP contribution in [0.15, 0.2) is 85.2 Å². The summed E-state index contributed by atoms with van der Waals surface area (Å²) in [5.74, 6) is 0.784. The molecule has 2 heterocycles. The van der Waals surface area contributed by atoms with Crippen LogP contribution in [0.3, 0.4) is 0 Å². The number of hydrogen-bond donors (Lipinski definition) is 1. The van der Waals surface area contributed by atoms with Gasteiger partial charge in [-0.25, -0.2) is 9.97 Å². The minimum Gasteiger partial charge on any atom is -0.508 e. The quantitative estimate of drug-likeness (QED) is 0.343. The van der Waals surface area contributed by atoms with Gasteiger partial charge in [0.15, 0.2) is 0 Å². The van der Waals surface area contributed by atoms with Crippen molar-refractivity contribution in [3.8, 4) is 39.4 Å². The number of halogens is 2. The molecule has 0 saturated heterocycles. The maximum absolute atomic E-state index is 9.86. The van der Waals surface area contributed by atoms with Crippen LogP contribution in [-0.4, -0.2) is 19.5 Å². The molecular weight excluding hydrogens is 417 g/mol. The molecule has 0 fully saturated rings. The zero-order valence-corrected chi connectivity index (χ0v) is 17.1. The van der Waals surface area contributed by atoms with E-state index in [-0.39, 0.29) is 5.75 Å². The molecule has 0 amide bonds. The molecular formula is C24H15Cl2N3O. The number of fused-ring (bicyclic) bond motifs is 1. The maximum Gasteiger partial charge on any atom is 0.234 e. The standard InChI is InChI=1S/C24H15Cl2N3O/c25-19-8-4-15(5-9-19)22-23(16-6-10-20(26)11-7-16)29-14-18(13-27-24(29)28-22)17-2-1-3-21(30)12-17/h1-14,30H. The molecule has 0 atom stereocenters. The van der Waals surface area contributed by atoms with E-state index in [4.69, 9.17) is 28.2 Å². The lowest BCUT2D eigenvalue weighted by atomic mass is 10.0. The summed E-state index contributed by atoms with van der Waals surface area (Å²) in [6, 6.07) is 22.3. The molecule has 5 rings (SSSR count). The van der Waals surface area contributed by atoms with E-state index in [0.717, 1.165) is 33.6 Å². The third kappa shape index (κ3) is 3.41. The van der Waals surface area contributed by atoms with Crippen molar-refractivity contribution in [2.45, 2.75) is 0 Å². The highest BCUT2D eigenvalue weighted by atomic mass is 35.5. The minimum atomic E-state index is 0.206. The zero-order valence-electron chi connectivity index (χ0n) is 15.6. The molecule has 30 heavy (non-hydrogen) atoms. The Balaban J connectivity index is 1.78. The zero-order chi connectivity index (χ0) is 20.7. The van der Waals surface area contributed by atoms with Gasteiger partial charge >= 0.3 is 0 Å². The van der Waals surface area contributed by atoms with Gasteiger partial charge < -0.3 is 5.11 Å². The molecule has 0 spiro atoms. The van der Waals surface area contributed by atoms with E-state index in [1.54, 1.807) is 18.3 Å². The van der Waals surface area contributed by atoms with E-state index in [1.165, 1.54) is 0 Å². The predicted molar refractivity (Wildman–Crippen MR) is 121 cm³/mol. The molecule has 4 nitrogen and oxygen atoms in total. The molecule has 0 radical (unpaired) electrons. The lowest BCUT2D eigenvalue weighted by molar-refractivity contribution is 0.475. The Morgan fingerprint density at radius 1 is 0.733 bits per heavy atom. The highest BCUT2D eigenvalue weighted by molar-refractivity contribution is 6.31. The van der Waals surface area contributed by atoms with Gasteiger partial charge in [-0.1, -0.05) is 59.6 Å². The fourth-order valence-corrected chi connectivity index (χ4v) is 3.71. The van der Waals surface area contributed by atoms with Gasteiger partial charge in [0.05, 0.1) is 11.4 Å². The fraction of sp³-hybridized carbons (Fsp3) is 0. The first-order valence-electron chi connectivity index (χ1n) is 9.28. The van der Waals surface area contributed by atoms with Gasteiger partial charge in [-0.2, -0.15) is 0 Å². The van der Waals surface area contributed by atoms with E-state index in [0.29, 0.717) is 15.8 Å². The number of imidazole rings is 1. The molecule has 0 saturated carbocycles. The Kier molecular flexibility index (Phi) is 4.66. The van der Waals surface area contributed by atoms with Crippen LogP contribution in [-0.2, 0) is 0 Å². The summed E-state index contributed by atoms with van der Waals surface area (Å²) in [7, 11) is 0. The first-order chi connectivity index (χ1) is 14.6. The first-order valence-corrected chi connectivity index (χ1v) is 10.0. The first kappa shape index (κ1) is 18.7. The SMILES string of the molecule is Oc1cccc(-c2cnc3nc(-c4ccc(Cl)cc4)c(-c4ccc(Cl)cc4)n3c2)c1. The number of aromatic nitrogens is 3. The number of aromatic hydroxyl groups is 1. The van der Waals surface area contributed by atoms with Crippen LogP contribution in [0.1, 0.15) is 0 Å². The molecule has 6 heteroatoms. The van der Waals surface area contributed by atoms with Gasteiger partial charge in [0.2, 0.25) is 5.78 Å². The summed E-state index contributed by atoms with van der Waals surface area (Å²) in [6.45, 7) is 0. The second kappa shape index (κ2) is 7.48. The van der Waals surface area contributed by atoms with Crippen molar-refractivity contribution < 1.29 is 5.11 Å². The Labute approximate surface area is 183 Å². The molecule has 0 aliphatic heterocycles. The van der Waals surface area contributed by atoms with Gasteiger partial charge in [-0.05, 0) is 42.0 Å². The number of rotatable bonds is 3. The van der Waals surface area contributed by atoms with Crippen molar-refractivity contribution in [3.05, 3.63) is 95.2 Å². The lowest BCUT2D eigenvalue weighted by Crippen LogP contribution is -1.93. The highest BCUT2D eigenvalue weighted by Crippen LogP contribution is 2.34. The van der Waals surface area contributed by atoms with Crippen LogP contribution in [0.25, 0.3) is 39.4 Å². The Bertz CT molecular complexity index is 1360. The Morgan fingerprint density at radius 2 is 1.40 bits per heavy atom. The van der Waals surface area contributed by atoms with Gasteiger partial charge in [0.1, 0.15) is 5.75 Å². The van der Waals surface area contributed by atoms with Crippen LogP contribution < -0.4 is 0 Å². The number of phenolic OH excluding ortho intramolecular Hbond substituents is 1. The van der Waals surface area contributed by atoms with Crippen molar-refractivity contribution in [3.63, 3.8) is 0 Å². The smallest absolute Gasteiger partial charge is 0.234 e. The van der Waals surface area contributed by atoms with E-state index >= 15 is 0 Å². The van der Waals surface area contributed by atoms with Crippen LogP contribution in [0, 0.1) is 0 Å². The summed E-state index contributed by atoms with van der Waals surface area (Å²) >= 11 is 12.2. The molecule has 0 aliphatic carbocycles. The fourth-order valence-electron chi connectivity index (χ4n) is 3.46. The monoisotopic (exact) mass is 431 g/mol. The lowest BCUT2D eigenvalue weighted by Gasteiger charge is -2.08. The van der Waals surface area contributed by atoms with Gasteiger partial charge in [0.25, 0.3) is 0 Å². The molecule has 146 valence electrons. The van der Waals surface area contributed by atoms with Crippen molar-refractivity contribution >= 4 is 29.0 Å². The number of hydrogen-bond acceptors (Lipinski definition) is 3. The third-order valence-corrected chi connectivity index (χ3v) is 5.40. The van der Waals surface area contributed by atoms with Gasteiger partial charge in [0, 0.05) is 39.1 Å². The van der Waals surface area contributed by atoms with Gasteiger partial charge in [-0.15, -0.1) is 0 Å². The van der Waals surface area contributed by atoms with Crippen LogP contribution >= 0.6 is 23.2 Å². The number of benzene rings is 3. The van der Waals surface area contributed by atoms with Crippen LogP contribution in [0.4, 0.5) is 0 Å². The summed E-state index contributed by atoms with van der Waals surface area (Å²) in [5, 5.41) is 11.2. The third-order valence-electron chi connectivity index (χ3n) is 4.89. The highest BCUT2D eigenvalue weighted by Gasteiger charge is 2.17. The average molecular weight is 432 g/mol. The normalized spacial score (nSPS) is 11.1. The predicted octanol–water partition coefficient (Wildman–Crippen LogP) is 6.74. The molecule has 2 aromatic heterocycles. The number of phenols is 1. The molecule has 0 aliphatic rings. The summed E-state index contributed by atoms with van der Waals surface area (Å²) in [5.41, 5.74) is 5.34. The van der Waals surface area contributed by atoms with Gasteiger partial charge in [-0.3, -0.25) is 4.40 Å². The number of nitrogens with zero attached hydrogens (tertiary/aromatic N) is 3. The second-order valence-corrected chi connectivity index (χ2v) is 7.76. The Hall–Kier alpha value is -3.34. The largest absolute Gasteiger partial charge is 0.508 e. The molecule has 5 aromatic rings. The topological polar surface area (TPSA) is 50.4 Å². The molecule has 0 unspecified atom stereocenters. The molecule has 3 aromatic carbocycles. The average Bonchev–Trinajstić information content (AvgIpc) is 3.13. The van der Waals surface area contributed by atoms with E-state index < -0.39 is 0 Å². The van der Waals surface area contributed by atoms with Crippen LogP contribution in [0.5, 0.6) is 5.75 Å². The van der Waals surface area contributed by atoms with Crippen molar-refractivity contribution in [1.29, 1.82) is 0 Å². The van der Waals surface area contributed by atoms with E-state index in [9.17, 15) is 5.11 Å². The minimum absolute atomic E-state index is 0.206. The Morgan fingerprint density at radius 3 is 2.07 bits per heavy atom. The molecule has 1 N–H and O–H groups in total. The van der Waals surface area contributed by atoms with E-state index in [2.05, 4.69) is 4.98 Å². The van der Waals surface area contributed by atoms with Crippen molar-refractivity contribution in [2.24, 2.45) is 0 Å². The second-order valence-electron chi connectivity index (χ2n) is 6.89. The molecule has 0 bridgehead atoms. The summed E-state index contributed by atoms with van der Waals surface area (Å²) in [6.07, 6.45) is 3.74.